The van der Waals surface area contributed by atoms with Crippen molar-refractivity contribution in [2.75, 3.05) is 14.1 Å². The zero-order valence-electron chi connectivity index (χ0n) is 8.94. The third kappa shape index (κ3) is 2.99. The summed E-state index contributed by atoms with van der Waals surface area (Å²) < 4.78 is 23.8. The molecule has 0 aliphatic rings. The summed E-state index contributed by atoms with van der Waals surface area (Å²) in [5, 5.41) is 1.40. The first kappa shape index (κ1) is 12.6. The number of hydrazine groups is 1. The molecular formula is C8H15N3O2S2. The second-order valence-electron chi connectivity index (χ2n) is 3.36. The van der Waals surface area contributed by atoms with Crippen molar-refractivity contribution in [2.45, 2.75) is 17.7 Å². The molecule has 1 aromatic rings. The highest BCUT2D eigenvalue weighted by Crippen LogP contribution is 2.25. The predicted molar refractivity (Wildman–Crippen MR) is 61.0 cm³/mol. The molecule has 0 aliphatic heterocycles. The van der Waals surface area contributed by atoms with Crippen LogP contribution in [0.5, 0.6) is 0 Å². The fraction of sp³-hybridized carbons (Fsp3) is 0.500. The third-order valence-corrected chi connectivity index (χ3v) is 4.97. The molecule has 0 unspecified atom stereocenters. The number of hydrogen-bond donors (Lipinski definition) is 2. The Morgan fingerprint density at radius 3 is 2.53 bits per heavy atom. The average molecular weight is 249 g/mol. The first-order valence-electron chi connectivity index (χ1n) is 4.36. The Balaban J connectivity index is 3.05. The lowest BCUT2D eigenvalue weighted by Crippen LogP contribution is -2.35. The zero-order chi connectivity index (χ0) is 11.6. The Hall–Kier alpha value is -0.470. The SMILES string of the molecule is Cc1cc(S(=O)(=O)NN(C)C)sc1CN. The van der Waals surface area contributed by atoms with Gasteiger partial charge in [-0.05, 0) is 18.6 Å². The molecule has 0 saturated carbocycles. The summed E-state index contributed by atoms with van der Waals surface area (Å²) >= 11 is 1.21. The molecule has 0 bridgehead atoms. The van der Waals surface area contributed by atoms with E-state index in [4.69, 9.17) is 5.73 Å². The van der Waals surface area contributed by atoms with E-state index in [9.17, 15) is 8.42 Å². The smallest absolute Gasteiger partial charge is 0.262 e. The third-order valence-electron chi connectivity index (χ3n) is 1.75. The molecule has 0 saturated heterocycles. The van der Waals surface area contributed by atoms with E-state index in [1.165, 1.54) is 16.3 Å². The predicted octanol–water partition coefficient (Wildman–Crippen LogP) is 0.270. The molecule has 3 N–H and O–H groups in total. The van der Waals surface area contributed by atoms with Crippen LogP contribution in [0.25, 0.3) is 0 Å². The standard InChI is InChI=1S/C8H15N3O2S2/c1-6-4-8(14-7(6)5-9)15(12,13)10-11(2)3/h4,10H,5,9H2,1-3H3. The van der Waals surface area contributed by atoms with Gasteiger partial charge in [0.1, 0.15) is 4.21 Å². The fourth-order valence-corrected chi connectivity index (χ4v) is 3.65. The summed E-state index contributed by atoms with van der Waals surface area (Å²) in [7, 11) is -0.179. The zero-order valence-corrected chi connectivity index (χ0v) is 10.6. The summed E-state index contributed by atoms with van der Waals surface area (Å²) in [5.74, 6) is 0. The van der Waals surface area contributed by atoms with E-state index >= 15 is 0 Å². The quantitative estimate of drug-likeness (QED) is 0.751. The molecule has 86 valence electrons. The number of aryl methyl sites for hydroxylation is 1. The molecule has 1 heterocycles. The molecule has 0 spiro atoms. The molecule has 7 heteroatoms. The number of hydrogen-bond acceptors (Lipinski definition) is 5. The van der Waals surface area contributed by atoms with Gasteiger partial charge in [0.05, 0.1) is 0 Å². The van der Waals surface area contributed by atoms with Gasteiger partial charge in [0.2, 0.25) is 0 Å². The lowest BCUT2D eigenvalue weighted by Gasteiger charge is -2.10. The molecule has 1 rings (SSSR count). The first-order valence-corrected chi connectivity index (χ1v) is 6.66. The largest absolute Gasteiger partial charge is 0.326 e. The van der Waals surface area contributed by atoms with Crippen LogP contribution in [0.3, 0.4) is 0 Å². The van der Waals surface area contributed by atoms with Crippen LogP contribution in [0, 0.1) is 6.92 Å². The van der Waals surface area contributed by atoms with Crippen molar-refractivity contribution in [3.05, 3.63) is 16.5 Å². The van der Waals surface area contributed by atoms with Crippen LogP contribution in [0.1, 0.15) is 10.4 Å². The van der Waals surface area contributed by atoms with Gasteiger partial charge < -0.3 is 5.73 Å². The van der Waals surface area contributed by atoms with Gasteiger partial charge >= 0.3 is 0 Å². The molecule has 0 amide bonds. The van der Waals surface area contributed by atoms with E-state index in [0.29, 0.717) is 10.8 Å². The summed E-state index contributed by atoms with van der Waals surface area (Å²) in [6, 6.07) is 1.64. The maximum Gasteiger partial charge on any atom is 0.262 e. The Kier molecular flexibility index (Phi) is 3.85. The van der Waals surface area contributed by atoms with E-state index in [-0.39, 0.29) is 0 Å². The lowest BCUT2D eigenvalue weighted by molar-refractivity contribution is 0.364. The monoisotopic (exact) mass is 249 g/mol. The highest BCUT2D eigenvalue weighted by atomic mass is 32.2. The van der Waals surface area contributed by atoms with Gasteiger partial charge in [-0.3, -0.25) is 0 Å². The minimum atomic E-state index is -3.43. The average Bonchev–Trinajstić information content (AvgIpc) is 2.45. The maximum atomic E-state index is 11.7. The van der Waals surface area contributed by atoms with Crippen LogP contribution in [0.4, 0.5) is 0 Å². The minimum absolute atomic E-state index is 0.300. The minimum Gasteiger partial charge on any atom is -0.326 e. The Morgan fingerprint density at radius 2 is 2.13 bits per heavy atom. The van der Waals surface area contributed by atoms with Crippen molar-refractivity contribution in [3.8, 4) is 0 Å². The van der Waals surface area contributed by atoms with Crippen LogP contribution in [0.2, 0.25) is 0 Å². The number of nitrogens with zero attached hydrogens (tertiary/aromatic N) is 1. The van der Waals surface area contributed by atoms with Crippen LogP contribution in [-0.2, 0) is 16.6 Å². The summed E-state index contributed by atoms with van der Waals surface area (Å²) in [6.45, 7) is 2.22. The number of nitrogens with two attached hydrogens (primary N) is 1. The van der Waals surface area contributed by atoms with Crippen LogP contribution in [0.15, 0.2) is 10.3 Å². The van der Waals surface area contributed by atoms with Gasteiger partial charge in [0, 0.05) is 25.5 Å². The molecule has 0 fully saturated rings. The van der Waals surface area contributed by atoms with E-state index in [2.05, 4.69) is 4.83 Å². The molecule has 15 heavy (non-hydrogen) atoms. The number of rotatable bonds is 4. The second kappa shape index (κ2) is 4.58. The normalized spacial score (nSPS) is 12.3. The van der Waals surface area contributed by atoms with Gasteiger partial charge in [-0.1, -0.05) is 0 Å². The number of thiophene rings is 1. The summed E-state index contributed by atoms with van der Waals surface area (Å²) in [5.41, 5.74) is 6.41. The van der Waals surface area contributed by atoms with Gasteiger partial charge in [-0.25, -0.2) is 13.4 Å². The Bertz CT molecular complexity index is 437. The first-order chi connectivity index (χ1) is 6.86. The molecule has 0 aromatic carbocycles. The van der Waals surface area contributed by atoms with E-state index in [1.807, 2.05) is 6.92 Å². The molecule has 0 radical (unpaired) electrons. The molecule has 0 aliphatic carbocycles. The molecule has 0 atom stereocenters. The van der Waals surface area contributed by atoms with Crippen molar-refractivity contribution in [1.82, 2.24) is 9.84 Å². The molecule has 1 aromatic heterocycles. The van der Waals surface area contributed by atoms with Crippen LogP contribution >= 0.6 is 11.3 Å². The Labute approximate surface area is 93.9 Å². The van der Waals surface area contributed by atoms with Gasteiger partial charge in [-0.2, -0.15) is 0 Å². The van der Waals surface area contributed by atoms with Crippen LogP contribution in [-0.4, -0.2) is 27.5 Å². The summed E-state index contributed by atoms with van der Waals surface area (Å²) in [4.78, 5) is 3.27. The number of nitrogens with one attached hydrogen (secondary N) is 1. The summed E-state index contributed by atoms with van der Waals surface area (Å²) in [6.07, 6.45) is 0. The van der Waals surface area contributed by atoms with Crippen molar-refractivity contribution in [1.29, 1.82) is 0 Å². The topological polar surface area (TPSA) is 75.4 Å². The van der Waals surface area contributed by atoms with Gasteiger partial charge in [-0.15, -0.1) is 16.2 Å². The highest BCUT2D eigenvalue weighted by Gasteiger charge is 2.18. The van der Waals surface area contributed by atoms with Crippen molar-refractivity contribution in [2.24, 2.45) is 5.73 Å². The van der Waals surface area contributed by atoms with Crippen molar-refractivity contribution >= 4 is 21.4 Å². The lowest BCUT2D eigenvalue weighted by atomic mass is 10.3. The van der Waals surface area contributed by atoms with Crippen molar-refractivity contribution < 1.29 is 8.42 Å². The fourth-order valence-electron chi connectivity index (χ4n) is 1.11. The van der Waals surface area contributed by atoms with Gasteiger partial charge in [0.15, 0.2) is 0 Å². The number of sulfonamides is 1. The van der Waals surface area contributed by atoms with E-state index in [1.54, 1.807) is 20.2 Å². The van der Waals surface area contributed by atoms with Crippen LogP contribution < -0.4 is 10.6 Å². The van der Waals surface area contributed by atoms with Crippen molar-refractivity contribution in [3.63, 3.8) is 0 Å². The van der Waals surface area contributed by atoms with Gasteiger partial charge in [0.25, 0.3) is 10.0 Å². The Morgan fingerprint density at radius 1 is 1.53 bits per heavy atom. The maximum absolute atomic E-state index is 11.7. The second-order valence-corrected chi connectivity index (χ2v) is 6.39. The van der Waals surface area contributed by atoms with E-state index in [0.717, 1.165) is 10.4 Å². The highest BCUT2D eigenvalue weighted by molar-refractivity contribution is 7.91. The van der Waals surface area contributed by atoms with E-state index < -0.39 is 10.0 Å². The molecule has 5 nitrogen and oxygen atoms in total. The molecular weight excluding hydrogens is 234 g/mol.